The fourth-order valence-corrected chi connectivity index (χ4v) is 2.79. The molecule has 0 atom stereocenters. The van der Waals surface area contributed by atoms with Crippen molar-refractivity contribution in [2.45, 2.75) is 25.3 Å². The van der Waals surface area contributed by atoms with Gasteiger partial charge in [-0.1, -0.05) is 11.6 Å². The van der Waals surface area contributed by atoms with Crippen molar-refractivity contribution >= 4 is 29.3 Å². The van der Waals surface area contributed by atoms with E-state index in [1.54, 1.807) is 17.8 Å². The van der Waals surface area contributed by atoms with Gasteiger partial charge in [0.05, 0.1) is 16.3 Å². The van der Waals surface area contributed by atoms with Crippen LogP contribution >= 0.6 is 23.4 Å². The third-order valence-electron chi connectivity index (χ3n) is 3.50. The Balaban J connectivity index is 2.15. The van der Waals surface area contributed by atoms with Crippen LogP contribution < -0.4 is 5.32 Å². The molecule has 0 aliphatic rings. The summed E-state index contributed by atoms with van der Waals surface area (Å²) >= 11 is 7.69. The standard InChI is InChI=1S/C15H18ClN3OS/c1-9-13(10(2)19(3)18-9)8-17-15(20)12-7-11(21-4)5-6-14(12)16/h5-7H,8H2,1-4H3,(H,17,20). The van der Waals surface area contributed by atoms with Crippen LogP contribution in [0.15, 0.2) is 23.1 Å². The van der Waals surface area contributed by atoms with E-state index in [1.165, 1.54) is 0 Å². The van der Waals surface area contributed by atoms with E-state index in [0.717, 1.165) is 21.8 Å². The summed E-state index contributed by atoms with van der Waals surface area (Å²) in [6.07, 6.45) is 1.97. The number of hydrogen-bond donors (Lipinski definition) is 1. The number of rotatable bonds is 4. The predicted molar refractivity (Wildman–Crippen MR) is 87.1 cm³/mol. The maximum atomic E-state index is 12.3. The first-order valence-electron chi connectivity index (χ1n) is 6.55. The molecule has 0 radical (unpaired) electrons. The van der Waals surface area contributed by atoms with Gasteiger partial charge in [-0.2, -0.15) is 5.10 Å². The summed E-state index contributed by atoms with van der Waals surface area (Å²) < 4.78 is 1.82. The van der Waals surface area contributed by atoms with Crippen LogP contribution in [0.2, 0.25) is 5.02 Å². The highest BCUT2D eigenvalue weighted by Crippen LogP contribution is 2.23. The molecule has 1 heterocycles. The minimum Gasteiger partial charge on any atom is -0.348 e. The van der Waals surface area contributed by atoms with E-state index in [1.807, 2.05) is 44.0 Å². The molecule has 0 aliphatic carbocycles. The largest absolute Gasteiger partial charge is 0.348 e. The fourth-order valence-electron chi connectivity index (χ4n) is 2.14. The number of aryl methyl sites for hydroxylation is 2. The Kier molecular flexibility index (Phi) is 4.96. The highest BCUT2D eigenvalue weighted by atomic mass is 35.5. The average Bonchev–Trinajstić information content (AvgIpc) is 2.70. The van der Waals surface area contributed by atoms with Crippen LogP contribution in [0.4, 0.5) is 0 Å². The fraction of sp³-hybridized carbons (Fsp3) is 0.333. The minimum absolute atomic E-state index is 0.168. The Morgan fingerprint density at radius 1 is 1.43 bits per heavy atom. The number of carbonyl (C=O) groups is 1. The first-order chi connectivity index (χ1) is 9.93. The summed E-state index contributed by atoms with van der Waals surface area (Å²) in [4.78, 5) is 13.3. The molecule has 0 bridgehead atoms. The zero-order valence-electron chi connectivity index (χ0n) is 12.5. The lowest BCUT2D eigenvalue weighted by atomic mass is 10.1. The molecule has 2 rings (SSSR count). The second-order valence-electron chi connectivity index (χ2n) is 4.80. The van der Waals surface area contributed by atoms with Crippen molar-refractivity contribution in [3.05, 3.63) is 45.7 Å². The third-order valence-corrected chi connectivity index (χ3v) is 4.56. The second-order valence-corrected chi connectivity index (χ2v) is 6.09. The lowest BCUT2D eigenvalue weighted by Crippen LogP contribution is -2.23. The highest BCUT2D eigenvalue weighted by molar-refractivity contribution is 7.98. The van der Waals surface area contributed by atoms with Crippen LogP contribution in [0.25, 0.3) is 0 Å². The molecule has 0 spiro atoms. The van der Waals surface area contributed by atoms with Crippen molar-refractivity contribution in [3.63, 3.8) is 0 Å². The lowest BCUT2D eigenvalue weighted by molar-refractivity contribution is 0.0951. The van der Waals surface area contributed by atoms with Gasteiger partial charge >= 0.3 is 0 Å². The van der Waals surface area contributed by atoms with Crippen molar-refractivity contribution in [2.24, 2.45) is 7.05 Å². The van der Waals surface area contributed by atoms with Gasteiger partial charge in [-0.3, -0.25) is 9.48 Å². The SMILES string of the molecule is CSc1ccc(Cl)c(C(=O)NCc2c(C)nn(C)c2C)c1. The summed E-state index contributed by atoms with van der Waals surface area (Å²) in [6, 6.07) is 5.47. The highest BCUT2D eigenvalue weighted by Gasteiger charge is 2.14. The van der Waals surface area contributed by atoms with Gasteiger partial charge < -0.3 is 5.32 Å². The molecule has 1 aromatic heterocycles. The third kappa shape index (κ3) is 3.41. The predicted octanol–water partition coefficient (Wildman–Crippen LogP) is 3.34. The van der Waals surface area contributed by atoms with Gasteiger partial charge in [0, 0.05) is 29.7 Å². The van der Waals surface area contributed by atoms with Crippen LogP contribution in [0.3, 0.4) is 0 Å². The van der Waals surface area contributed by atoms with E-state index in [0.29, 0.717) is 17.1 Å². The van der Waals surface area contributed by atoms with Gasteiger partial charge in [0.15, 0.2) is 0 Å². The zero-order chi connectivity index (χ0) is 15.6. The van der Waals surface area contributed by atoms with Crippen molar-refractivity contribution < 1.29 is 4.79 Å². The van der Waals surface area contributed by atoms with E-state index in [-0.39, 0.29) is 5.91 Å². The number of nitrogens with zero attached hydrogens (tertiary/aromatic N) is 2. The Labute approximate surface area is 133 Å². The zero-order valence-corrected chi connectivity index (χ0v) is 14.1. The number of amides is 1. The van der Waals surface area contributed by atoms with Crippen molar-refractivity contribution in [3.8, 4) is 0 Å². The normalized spacial score (nSPS) is 10.7. The van der Waals surface area contributed by atoms with E-state index in [9.17, 15) is 4.79 Å². The molecular weight excluding hydrogens is 306 g/mol. The smallest absolute Gasteiger partial charge is 0.253 e. The Hall–Kier alpha value is -1.46. The molecule has 0 aliphatic heterocycles. The number of thioether (sulfide) groups is 1. The minimum atomic E-state index is -0.168. The molecule has 6 heteroatoms. The maximum Gasteiger partial charge on any atom is 0.253 e. The number of halogens is 1. The van der Waals surface area contributed by atoms with Gasteiger partial charge in [-0.25, -0.2) is 0 Å². The van der Waals surface area contributed by atoms with Gasteiger partial charge in [-0.05, 0) is 38.3 Å². The topological polar surface area (TPSA) is 46.9 Å². The van der Waals surface area contributed by atoms with E-state index in [4.69, 9.17) is 11.6 Å². The van der Waals surface area contributed by atoms with Crippen LogP contribution in [0.1, 0.15) is 27.3 Å². The molecule has 1 aromatic carbocycles. The summed E-state index contributed by atoms with van der Waals surface area (Å²) in [6.45, 7) is 4.38. The summed E-state index contributed by atoms with van der Waals surface area (Å²) in [5, 5.41) is 7.72. The molecule has 112 valence electrons. The molecule has 0 saturated heterocycles. The van der Waals surface area contributed by atoms with Gasteiger partial charge in [0.2, 0.25) is 0 Å². The first-order valence-corrected chi connectivity index (χ1v) is 8.15. The van der Waals surface area contributed by atoms with Crippen LogP contribution in [0, 0.1) is 13.8 Å². The van der Waals surface area contributed by atoms with Crippen LogP contribution in [-0.4, -0.2) is 21.9 Å². The monoisotopic (exact) mass is 323 g/mol. The van der Waals surface area contributed by atoms with Crippen LogP contribution in [0.5, 0.6) is 0 Å². The second kappa shape index (κ2) is 6.54. The van der Waals surface area contributed by atoms with Crippen LogP contribution in [-0.2, 0) is 13.6 Å². The molecule has 0 saturated carbocycles. The number of benzene rings is 1. The van der Waals surface area contributed by atoms with E-state index < -0.39 is 0 Å². The molecule has 4 nitrogen and oxygen atoms in total. The van der Waals surface area contributed by atoms with Crippen molar-refractivity contribution in [1.82, 2.24) is 15.1 Å². The molecule has 1 amide bonds. The summed E-state index contributed by atoms with van der Waals surface area (Å²) in [5.74, 6) is -0.168. The average molecular weight is 324 g/mol. The number of aromatic nitrogens is 2. The molecule has 2 aromatic rings. The van der Waals surface area contributed by atoms with Gasteiger partial charge in [0.25, 0.3) is 5.91 Å². The Bertz CT molecular complexity index is 682. The Morgan fingerprint density at radius 3 is 2.71 bits per heavy atom. The number of carbonyl (C=O) groups excluding carboxylic acids is 1. The molecular formula is C15H18ClN3OS. The molecule has 0 unspecified atom stereocenters. The maximum absolute atomic E-state index is 12.3. The van der Waals surface area contributed by atoms with Crippen molar-refractivity contribution in [1.29, 1.82) is 0 Å². The summed E-state index contributed by atoms with van der Waals surface area (Å²) in [7, 11) is 1.90. The molecule has 1 N–H and O–H groups in total. The molecule has 21 heavy (non-hydrogen) atoms. The quantitative estimate of drug-likeness (QED) is 0.878. The van der Waals surface area contributed by atoms with E-state index in [2.05, 4.69) is 10.4 Å². The number of hydrogen-bond acceptors (Lipinski definition) is 3. The first kappa shape index (κ1) is 15.9. The lowest BCUT2D eigenvalue weighted by Gasteiger charge is -2.08. The van der Waals surface area contributed by atoms with Gasteiger partial charge in [0.1, 0.15) is 0 Å². The van der Waals surface area contributed by atoms with E-state index >= 15 is 0 Å². The van der Waals surface area contributed by atoms with Gasteiger partial charge in [-0.15, -0.1) is 11.8 Å². The Morgan fingerprint density at radius 2 is 2.14 bits per heavy atom. The molecule has 0 fully saturated rings. The van der Waals surface area contributed by atoms with Crippen molar-refractivity contribution in [2.75, 3.05) is 6.26 Å². The number of nitrogens with one attached hydrogen (secondary N) is 1. The summed E-state index contributed by atoms with van der Waals surface area (Å²) in [5.41, 5.74) is 3.53.